The Morgan fingerprint density at radius 3 is 2.62 bits per heavy atom. The molecular weight excluding hydrogens is 334 g/mol. The van der Waals surface area contributed by atoms with Gasteiger partial charge >= 0.3 is 0 Å². The lowest BCUT2D eigenvalue weighted by molar-refractivity contribution is 0.0450. The number of hydrogen-bond acceptors (Lipinski definition) is 7. The maximum atomic E-state index is 12.2. The Morgan fingerprint density at radius 1 is 1.21 bits per heavy atom. The SMILES string of the molecule is CNCCOCCOCCn1[nH]nc(CN2CCS(=O)CC2)c1=O. The first-order chi connectivity index (χ1) is 11.7. The van der Waals surface area contributed by atoms with Gasteiger partial charge < -0.3 is 14.8 Å². The fourth-order valence-corrected chi connectivity index (χ4v) is 3.45. The van der Waals surface area contributed by atoms with Crippen LogP contribution in [0.3, 0.4) is 0 Å². The van der Waals surface area contributed by atoms with Gasteiger partial charge in [0.1, 0.15) is 5.69 Å². The number of aromatic nitrogens is 3. The molecule has 1 aromatic heterocycles. The molecule has 1 aromatic rings. The zero-order chi connectivity index (χ0) is 17.2. The summed E-state index contributed by atoms with van der Waals surface area (Å²) in [5.74, 6) is 1.34. The predicted octanol–water partition coefficient (Wildman–Crippen LogP) is -1.61. The van der Waals surface area contributed by atoms with Crippen LogP contribution in [0.15, 0.2) is 4.79 Å². The average molecular weight is 361 g/mol. The largest absolute Gasteiger partial charge is 0.378 e. The fourth-order valence-electron chi connectivity index (χ4n) is 2.32. The van der Waals surface area contributed by atoms with Gasteiger partial charge in [0.05, 0.1) is 33.0 Å². The van der Waals surface area contributed by atoms with Crippen molar-refractivity contribution >= 4 is 10.8 Å². The van der Waals surface area contributed by atoms with Crippen LogP contribution in [0.4, 0.5) is 0 Å². The van der Waals surface area contributed by atoms with Crippen LogP contribution >= 0.6 is 0 Å². The predicted molar refractivity (Wildman–Crippen MR) is 91.6 cm³/mol. The van der Waals surface area contributed by atoms with E-state index < -0.39 is 10.8 Å². The number of H-pyrrole nitrogens is 1. The summed E-state index contributed by atoms with van der Waals surface area (Å²) in [6.45, 7) is 5.38. The van der Waals surface area contributed by atoms with Crippen molar-refractivity contribution in [2.24, 2.45) is 0 Å². The molecule has 10 heteroatoms. The van der Waals surface area contributed by atoms with E-state index in [1.54, 1.807) is 0 Å². The summed E-state index contributed by atoms with van der Waals surface area (Å²) >= 11 is 0. The lowest BCUT2D eigenvalue weighted by atomic mass is 10.4. The van der Waals surface area contributed by atoms with Crippen molar-refractivity contribution < 1.29 is 13.7 Å². The minimum Gasteiger partial charge on any atom is -0.378 e. The summed E-state index contributed by atoms with van der Waals surface area (Å²) in [6, 6.07) is 0. The topological polar surface area (TPSA) is 101 Å². The highest BCUT2D eigenvalue weighted by Crippen LogP contribution is 2.03. The molecule has 2 heterocycles. The van der Waals surface area contributed by atoms with Crippen molar-refractivity contribution in [1.29, 1.82) is 0 Å². The van der Waals surface area contributed by atoms with Gasteiger partial charge in [0.15, 0.2) is 0 Å². The molecule has 0 aliphatic carbocycles. The van der Waals surface area contributed by atoms with E-state index in [1.165, 1.54) is 4.68 Å². The van der Waals surface area contributed by atoms with Crippen LogP contribution in [0.2, 0.25) is 0 Å². The van der Waals surface area contributed by atoms with Crippen molar-refractivity contribution in [2.75, 3.05) is 64.6 Å². The fraction of sp³-hybridized carbons (Fsp3) is 0.857. The normalized spacial score (nSPS) is 16.7. The van der Waals surface area contributed by atoms with Gasteiger partial charge in [-0.2, -0.15) is 5.10 Å². The first-order valence-corrected chi connectivity index (χ1v) is 9.71. The van der Waals surface area contributed by atoms with Crippen LogP contribution in [0, 0.1) is 0 Å². The molecular formula is C14H27N5O4S. The van der Waals surface area contributed by atoms with Crippen LogP contribution in [0.5, 0.6) is 0 Å². The molecule has 2 N–H and O–H groups in total. The van der Waals surface area contributed by atoms with Crippen molar-refractivity contribution in [3.8, 4) is 0 Å². The van der Waals surface area contributed by atoms with Crippen LogP contribution < -0.4 is 10.9 Å². The summed E-state index contributed by atoms with van der Waals surface area (Å²) in [7, 11) is 1.17. The molecule has 0 amide bonds. The Morgan fingerprint density at radius 2 is 1.92 bits per heavy atom. The molecule has 0 radical (unpaired) electrons. The van der Waals surface area contributed by atoms with Gasteiger partial charge in [-0.25, -0.2) is 9.90 Å². The zero-order valence-corrected chi connectivity index (χ0v) is 15.0. The molecule has 1 fully saturated rings. The number of rotatable bonds is 11. The van der Waals surface area contributed by atoms with Gasteiger partial charge in [-0.3, -0.25) is 13.9 Å². The molecule has 9 nitrogen and oxygen atoms in total. The van der Waals surface area contributed by atoms with Gasteiger partial charge in [-0.15, -0.1) is 0 Å². The third kappa shape index (κ3) is 6.44. The molecule has 0 spiro atoms. The van der Waals surface area contributed by atoms with E-state index in [9.17, 15) is 9.00 Å². The number of hydrogen-bond donors (Lipinski definition) is 2. The van der Waals surface area contributed by atoms with E-state index in [2.05, 4.69) is 20.5 Å². The number of aromatic amines is 1. The van der Waals surface area contributed by atoms with Gasteiger partial charge in [0.25, 0.3) is 5.56 Å². The van der Waals surface area contributed by atoms with E-state index in [0.717, 1.165) is 19.6 Å². The molecule has 0 atom stereocenters. The second-order valence-electron chi connectivity index (χ2n) is 5.57. The van der Waals surface area contributed by atoms with Gasteiger partial charge in [-0.05, 0) is 7.05 Å². The van der Waals surface area contributed by atoms with Crippen molar-refractivity contribution in [2.45, 2.75) is 13.1 Å². The Hall–Kier alpha value is -1.07. The Bertz CT molecular complexity index is 552. The molecule has 0 unspecified atom stereocenters. The third-order valence-electron chi connectivity index (χ3n) is 3.77. The standard InChI is InChI=1S/C14H27N5O4S/c1-15-2-6-22-8-9-23-7-3-19-14(20)13(16-17-19)12-18-4-10-24(21)11-5-18/h15,17H,2-12H2,1H3. The molecule has 2 rings (SSSR count). The van der Waals surface area contributed by atoms with Crippen molar-refractivity contribution in [3.05, 3.63) is 16.0 Å². The Kier molecular flexibility index (Phi) is 8.60. The monoisotopic (exact) mass is 361 g/mol. The summed E-state index contributed by atoms with van der Waals surface area (Å²) in [5.41, 5.74) is 0.383. The maximum absolute atomic E-state index is 12.2. The van der Waals surface area contributed by atoms with Crippen molar-refractivity contribution in [3.63, 3.8) is 0 Å². The number of nitrogens with one attached hydrogen (secondary N) is 2. The summed E-state index contributed by atoms with van der Waals surface area (Å²) in [4.78, 5) is 14.4. The van der Waals surface area contributed by atoms with E-state index in [0.29, 0.717) is 56.7 Å². The average Bonchev–Trinajstić information content (AvgIpc) is 2.92. The number of nitrogens with zero attached hydrogens (tertiary/aromatic N) is 3. The number of ether oxygens (including phenoxy) is 2. The van der Waals surface area contributed by atoms with Crippen LogP contribution in [0.1, 0.15) is 5.69 Å². The Labute approximate surface area is 144 Å². The third-order valence-corrected chi connectivity index (χ3v) is 5.04. The molecule has 0 bridgehead atoms. The van der Waals surface area contributed by atoms with Crippen molar-refractivity contribution in [1.82, 2.24) is 25.2 Å². The second kappa shape index (κ2) is 10.7. The highest BCUT2D eigenvalue weighted by atomic mass is 32.2. The zero-order valence-electron chi connectivity index (χ0n) is 14.2. The minimum atomic E-state index is -0.712. The molecule has 1 aliphatic rings. The lowest BCUT2D eigenvalue weighted by Gasteiger charge is -2.24. The second-order valence-corrected chi connectivity index (χ2v) is 7.26. The molecule has 1 aliphatic heterocycles. The summed E-state index contributed by atoms with van der Waals surface area (Å²) in [5, 5.41) is 9.84. The van der Waals surface area contributed by atoms with Gasteiger partial charge in [0.2, 0.25) is 0 Å². The molecule has 1 saturated heterocycles. The van der Waals surface area contributed by atoms with Gasteiger partial charge in [0, 0.05) is 48.5 Å². The summed E-state index contributed by atoms with van der Waals surface area (Å²) < 4.78 is 23.6. The smallest absolute Gasteiger partial charge is 0.291 e. The summed E-state index contributed by atoms with van der Waals surface area (Å²) in [6.07, 6.45) is 0. The Balaban J connectivity index is 1.65. The highest BCUT2D eigenvalue weighted by Gasteiger charge is 2.18. The van der Waals surface area contributed by atoms with Crippen LogP contribution in [-0.2, 0) is 33.4 Å². The quantitative estimate of drug-likeness (QED) is 0.457. The first kappa shape index (κ1) is 19.3. The molecule has 0 aromatic carbocycles. The molecule has 0 saturated carbocycles. The van der Waals surface area contributed by atoms with E-state index in [4.69, 9.17) is 9.47 Å². The van der Waals surface area contributed by atoms with Crippen LogP contribution in [-0.4, -0.2) is 88.7 Å². The first-order valence-electron chi connectivity index (χ1n) is 8.22. The minimum absolute atomic E-state index is 0.115. The molecule has 24 heavy (non-hydrogen) atoms. The van der Waals surface area contributed by atoms with Gasteiger partial charge in [-0.1, -0.05) is 0 Å². The lowest BCUT2D eigenvalue weighted by Crippen LogP contribution is -2.38. The van der Waals surface area contributed by atoms with E-state index in [1.807, 2.05) is 7.05 Å². The molecule has 138 valence electrons. The maximum Gasteiger partial charge on any atom is 0.291 e. The van der Waals surface area contributed by atoms with Crippen LogP contribution in [0.25, 0.3) is 0 Å². The number of likely N-dealkylation sites (N-methyl/N-ethyl adjacent to an activating group) is 1. The van der Waals surface area contributed by atoms with E-state index >= 15 is 0 Å². The highest BCUT2D eigenvalue weighted by molar-refractivity contribution is 7.85. The van der Waals surface area contributed by atoms with E-state index in [-0.39, 0.29) is 5.56 Å².